The van der Waals surface area contributed by atoms with Crippen LogP contribution in [-0.2, 0) is 0 Å². The molecule has 0 aliphatic carbocycles. The van der Waals surface area contributed by atoms with Crippen LogP contribution in [0, 0.1) is 0 Å². The van der Waals surface area contributed by atoms with Crippen molar-refractivity contribution in [3.8, 4) is 0 Å². The molecule has 0 aliphatic rings. The molecular weight excluding hydrogens is 232 g/mol. The van der Waals surface area contributed by atoms with Crippen molar-refractivity contribution >= 4 is 0 Å². The third-order valence-corrected chi connectivity index (χ3v) is 3.83. The minimum Gasteiger partial charge on any atom is -0.330 e. The van der Waals surface area contributed by atoms with Gasteiger partial charge in [0.15, 0.2) is 0 Å². The number of hydrogen-bond acceptors (Lipinski definition) is 2. The van der Waals surface area contributed by atoms with Crippen molar-refractivity contribution in [2.24, 2.45) is 5.73 Å². The summed E-state index contributed by atoms with van der Waals surface area (Å²) < 4.78 is 0. The molecule has 0 aromatic heterocycles. The number of unbranched alkanes of at least 4 members (excludes halogenated alkanes) is 8. The van der Waals surface area contributed by atoms with Crippen molar-refractivity contribution in [1.82, 2.24) is 4.90 Å². The molecule has 0 aromatic rings. The number of nitrogens with two attached hydrogens (primary N) is 1. The molecular formula is C17H38N2. The SMILES string of the molecule is CCCCCCCCN(CCCN)CCCCCC. The van der Waals surface area contributed by atoms with Crippen LogP contribution in [-0.4, -0.2) is 31.1 Å². The van der Waals surface area contributed by atoms with Crippen LogP contribution >= 0.6 is 0 Å². The Morgan fingerprint density at radius 3 is 1.53 bits per heavy atom. The fourth-order valence-corrected chi connectivity index (χ4v) is 2.53. The predicted molar refractivity (Wildman–Crippen MR) is 87.6 cm³/mol. The second kappa shape index (κ2) is 16.0. The Hall–Kier alpha value is -0.0800. The molecule has 0 amide bonds. The van der Waals surface area contributed by atoms with E-state index in [1.165, 1.54) is 83.8 Å². The van der Waals surface area contributed by atoms with Crippen molar-refractivity contribution in [1.29, 1.82) is 0 Å². The summed E-state index contributed by atoms with van der Waals surface area (Å²) in [7, 11) is 0. The number of hydrogen-bond donors (Lipinski definition) is 1. The van der Waals surface area contributed by atoms with Gasteiger partial charge in [-0.2, -0.15) is 0 Å². The Morgan fingerprint density at radius 1 is 0.579 bits per heavy atom. The van der Waals surface area contributed by atoms with Gasteiger partial charge in [-0.15, -0.1) is 0 Å². The molecule has 0 aromatic carbocycles. The van der Waals surface area contributed by atoms with Gasteiger partial charge in [-0.05, 0) is 45.4 Å². The van der Waals surface area contributed by atoms with Gasteiger partial charge in [-0.1, -0.05) is 65.2 Å². The van der Waals surface area contributed by atoms with Gasteiger partial charge in [-0.25, -0.2) is 0 Å². The van der Waals surface area contributed by atoms with Crippen LogP contribution in [0.5, 0.6) is 0 Å². The zero-order chi connectivity index (χ0) is 14.2. The fraction of sp³-hybridized carbons (Fsp3) is 1.00. The van der Waals surface area contributed by atoms with E-state index in [9.17, 15) is 0 Å². The molecule has 0 saturated carbocycles. The Morgan fingerprint density at radius 2 is 1.00 bits per heavy atom. The molecule has 0 radical (unpaired) electrons. The molecule has 116 valence electrons. The molecule has 0 heterocycles. The van der Waals surface area contributed by atoms with Crippen LogP contribution in [0.1, 0.15) is 84.5 Å². The van der Waals surface area contributed by atoms with E-state index in [1.54, 1.807) is 0 Å². The van der Waals surface area contributed by atoms with E-state index in [0.29, 0.717) is 0 Å². The lowest BCUT2D eigenvalue weighted by Gasteiger charge is -2.22. The van der Waals surface area contributed by atoms with Crippen molar-refractivity contribution in [3.05, 3.63) is 0 Å². The Bertz CT molecular complexity index is 159. The van der Waals surface area contributed by atoms with Gasteiger partial charge in [-0.3, -0.25) is 0 Å². The molecule has 19 heavy (non-hydrogen) atoms. The highest BCUT2D eigenvalue weighted by Gasteiger charge is 2.03. The van der Waals surface area contributed by atoms with E-state index in [1.807, 2.05) is 0 Å². The van der Waals surface area contributed by atoms with E-state index >= 15 is 0 Å². The maximum Gasteiger partial charge on any atom is -0.000672 e. The predicted octanol–water partition coefficient (Wildman–Crippen LogP) is 4.58. The van der Waals surface area contributed by atoms with Crippen molar-refractivity contribution in [2.75, 3.05) is 26.2 Å². The first kappa shape index (κ1) is 18.9. The van der Waals surface area contributed by atoms with Crippen molar-refractivity contribution < 1.29 is 0 Å². The Kier molecular flexibility index (Phi) is 15.9. The highest BCUT2D eigenvalue weighted by molar-refractivity contribution is 4.59. The molecule has 0 rings (SSSR count). The molecule has 0 unspecified atom stereocenters. The molecule has 2 nitrogen and oxygen atoms in total. The van der Waals surface area contributed by atoms with Crippen LogP contribution in [0.15, 0.2) is 0 Å². The normalized spacial score (nSPS) is 11.4. The minimum atomic E-state index is 0.835. The van der Waals surface area contributed by atoms with E-state index in [4.69, 9.17) is 5.73 Å². The lowest BCUT2D eigenvalue weighted by Crippen LogP contribution is -2.28. The third-order valence-electron chi connectivity index (χ3n) is 3.83. The van der Waals surface area contributed by atoms with E-state index in [0.717, 1.165) is 13.0 Å². The second-order valence-electron chi connectivity index (χ2n) is 5.81. The monoisotopic (exact) mass is 270 g/mol. The van der Waals surface area contributed by atoms with Crippen LogP contribution in [0.25, 0.3) is 0 Å². The minimum absolute atomic E-state index is 0.835. The Balaban J connectivity index is 3.55. The number of rotatable bonds is 15. The van der Waals surface area contributed by atoms with Crippen LogP contribution in [0.3, 0.4) is 0 Å². The van der Waals surface area contributed by atoms with E-state index in [2.05, 4.69) is 18.7 Å². The summed E-state index contributed by atoms with van der Waals surface area (Å²) in [6, 6.07) is 0. The average Bonchev–Trinajstić information content (AvgIpc) is 2.43. The number of nitrogens with zero attached hydrogens (tertiary/aromatic N) is 1. The molecule has 0 saturated heterocycles. The second-order valence-corrected chi connectivity index (χ2v) is 5.81. The lowest BCUT2D eigenvalue weighted by atomic mass is 10.1. The molecule has 0 atom stereocenters. The average molecular weight is 271 g/mol. The van der Waals surface area contributed by atoms with Crippen molar-refractivity contribution in [3.63, 3.8) is 0 Å². The topological polar surface area (TPSA) is 29.3 Å². The summed E-state index contributed by atoms with van der Waals surface area (Å²) in [5, 5.41) is 0. The molecule has 2 N–H and O–H groups in total. The smallest absolute Gasteiger partial charge is 0.000672 e. The van der Waals surface area contributed by atoms with Gasteiger partial charge in [0.1, 0.15) is 0 Å². The summed E-state index contributed by atoms with van der Waals surface area (Å²) in [4.78, 5) is 2.64. The van der Waals surface area contributed by atoms with Gasteiger partial charge in [0.05, 0.1) is 0 Å². The fourth-order valence-electron chi connectivity index (χ4n) is 2.53. The van der Waals surface area contributed by atoms with Crippen LogP contribution < -0.4 is 5.73 Å². The van der Waals surface area contributed by atoms with Gasteiger partial charge in [0.25, 0.3) is 0 Å². The largest absolute Gasteiger partial charge is 0.330 e. The first-order chi connectivity index (χ1) is 9.35. The lowest BCUT2D eigenvalue weighted by molar-refractivity contribution is 0.259. The highest BCUT2D eigenvalue weighted by atomic mass is 15.1. The summed E-state index contributed by atoms with van der Waals surface area (Å²) in [6.07, 6.45) is 15.0. The zero-order valence-corrected chi connectivity index (χ0v) is 13.6. The summed E-state index contributed by atoms with van der Waals surface area (Å²) in [5.74, 6) is 0. The molecule has 0 aliphatic heterocycles. The van der Waals surface area contributed by atoms with Gasteiger partial charge in [0.2, 0.25) is 0 Å². The standard InChI is InChI=1S/C17H38N2/c1-3-5-7-9-10-12-16-19(17-13-14-18)15-11-8-6-4-2/h3-18H2,1-2H3. The van der Waals surface area contributed by atoms with E-state index in [-0.39, 0.29) is 0 Å². The van der Waals surface area contributed by atoms with E-state index < -0.39 is 0 Å². The summed E-state index contributed by atoms with van der Waals surface area (Å²) >= 11 is 0. The molecule has 0 bridgehead atoms. The van der Waals surface area contributed by atoms with Crippen LogP contribution in [0.2, 0.25) is 0 Å². The maximum absolute atomic E-state index is 5.64. The summed E-state index contributed by atoms with van der Waals surface area (Å²) in [5.41, 5.74) is 5.64. The molecule has 2 heteroatoms. The first-order valence-corrected chi connectivity index (χ1v) is 8.77. The summed E-state index contributed by atoms with van der Waals surface area (Å²) in [6.45, 7) is 9.18. The van der Waals surface area contributed by atoms with Crippen LogP contribution in [0.4, 0.5) is 0 Å². The molecule has 0 spiro atoms. The third kappa shape index (κ3) is 14.1. The van der Waals surface area contributed by atoms with Gasteiger partial charge < -0.3 is 10.6 Å². The first-order valence-electron chi connectivity index (χ1n) is 8.77. The zero-order valence-electron chi connectivity index (χ0n) is 13.6. The Labute approximate surface area is 122 Å². The van der Waals surface area contributed by atoms with Gasteiger partial charge in [0, 0.05) is 0 Å². The van der Waals surface area contributed by atoms with Gasteiger partial charge >= 0.3 is 0 Å². The maximum atomic E-state index is 5.64. The molecule has 0 fully saturated rings. The van der Waals surface area contributed by atoms with Crippen molar-refractivity contribution in [2.45, 2.75) is 84.5 Å². The quantitative estimate of drug-likeness (QED) is 0.441. The highest BCUT2D eigenvalue weighted by Crippen LogP contribution is 2.07.